The van der Waals surface area contributed by atoms with Gasteiger partial charge in [-0.05, 0) is 45.1 Å². The molecule has 0 fully saturated rings. The van der Waals surface area contributed by atoms with Crippen molar-refractivity contribution in [2.75, 3.05) is 0 Å². The van der Waals surface area contributed by atoms with Gasteiger partial charge in [0.2, 0.25) is 0 Å². The Morgan fingerprint density at radius 2 is 1.95 bits per heavy atom. The number of rotatable bonds is 9. The summed E-state index contributed by atoms with van der Waals surface area (Å²) in [6.45, 7) is 3.25. The standard InChI is InChI=1S/C16H24O3/c1-16(2,18)19-15(12-7-13-17)11-6-10-14-8-4-3-5-9-14/h3-5,8-9,13,15,18H,6-7,10-12H2,1-2H3. The molecule has 0 bridgehead atoms. The van der Waals surface area contributed by atoms with Crippen LogP contribution in [0.15, 0.2) is 30.3 Å². The van der Waals surface area contributed by atoms with Gasteiger partial charge in [-0.25, -0.2) is 0 Å². The Morgan fingerprint density at radius 3 is 2.53 bits per heavy atom. The van der Waals surface area contributed by atoms with Crippen LogP contribution >= 0.6 is 0 Å². The first-order valence-electron chi connectivity index (χ1n) is 6.89. The largest absolute Gasteiger partial charge is 0.366 e. The molecule has 0 aliphatic heterocycles. The minimum absolute atomic E-state index is 0.0612. The molecule has 1 aromatic rings. The molecular formula is C16H24O3. The van der Waals surface area contributed by atoms with Crippen LogP contribution in [0, 0.1) is 0 Å². The van der Waals surface area contributed by atoms with Crippen LogP contribution in [0.2, 0.25) is 0 Å². The van der Waals surface area contributed by atoms with Crippen LogP contribution in [0.3, 0.4) is 0 Å². The predicted octanol–water partition coefficient (Wildman–Crippen LogP) is 3.10. The topological polar surface area (TPSA) is 46.5 Å². The number of hydrogen-bond acceptors (Lipinski definition) is 3. The Balaban J connectivity index is 2.37. The minimum atomic E-state index is -1.14. The predicted molar refractivity (Wildman–Crippen MR) is 75.8 cm³/mol. The average molecular weight is 264 g/mol. The van der Waals surface area contributed by atoms with Crippen molar-refractivity contribution in [2.24, 2.45) is 0 Å². The fourth-order valence-corrected chi connectivity index (χ4v) is 2.10. The Kier molecular flexibility index (Phi) is 6.74. The van der Waals surface area contributed by atoms with Gasteiger partial charge in [0, 0.05) is 6.42 Å². The van der Waals surface area contributed by atoms with Crippen molar-refractivity contribution in [2.45, 2.75) is 57.8 Å². The van der Waals surface area contributed by atoms with Crippen LogP contribution in [0.5, 0.6) is 0 Å². The molecule has 0 heterocycles. The van der Waals surface area contributed by atoms with E-state index in [1.165, 1.54) is 5.56 Å². The molecule has 1 rings (SSSR count). The fourth-order valence-electron chi connectivity index (χ4n) is 2.10. The highest BCUT2D eigenvalue weighted by molar-refractivity contribution is 5.49. The molecule has 0 saturated heterocycles. The quantitative estimate of drug-likeness (QED) is 0.550. The maximum Gasteiger partial charge on any atom is 0.160 e. The van der Waals surface area contributed by atoms with E-state index in [1.807, 2.05) is 18.2 Å². The van der Waals surface area contributed by atoms with Crippen molar-refractivity contribution in [3.8, 4) is 0 Å². The van der Waals surface area contributed by atoms with Gasteiger partial charge in [-0.2, -0.15) is 0 Å². The Labute approximate surface area is 115 Å². The zero-order valence-corrected chi connectivity index (χ0v) is 11.8. The lowest BCUT2D eigenvalue weighted by molar-refractivity contribution is -0.208. The normalized spacial score (nSPS) is 13.2. The van der Waals surface area contributed by atoms with E-state index in [-0.39, 0.29) is 6.10 Å². The van der Waals surface area contributed by atoms with Crippen LogP contribution in [-0.4, -0.2) is 23.3 Å². The summed E-state index contributed by atoms with van der Waals surface area (Å²) in [5.74, 6) is -1.14. The van der Waals surface area contributed by atoms with Gasteiger partial charge in [0.15, 0.2) is 5.79 Å². The third kappa shape index (κ3) is 7.75. The highest BCUT2D eigenvalue weighted by atomic mass is 16.6. The van der Waals surface area contributed by atoms with Gasteiger partial charge >= 0.3 is 0 Å². The van der Waals surface area contributed by atoms with Crippen LogP contribution in [0.4, 0.5) is 0 Å². The van der Waals surface area contributed by atoms with E-state index in [0.29, 0.717) is 12.8 Å². The molecule has 0 radical (unpaired) electrons. The molecule has 0 saturated carbocycles. The molecule has 0 aliphatic rings. The van der Waals surface area contributed by atoms with Gasteiger partial charge in [0.05, 0.1) is 6.10 Å². The molecule has 106 valence electrons. The molecule has 3 heteroatoms. The second kappa shape index (κ2) is 8.08. The van der Waals surface area contributed by atoms with Crippen molar-refractivity contribution in [3.63, 3.8) is 0 Å². The molecule has 19 heavy (non-hydrogen) atoms. The van der Waals surface area contributed by atoms with Gasteiger partial charge in [0.25, 0.3) is 0 Å². The summed E-state index contributed by atoms with van der Waals surface area (Å²) in [5.41, 5.74) is 1.31. The number of hydrogen-bond donors (Lipinski definition) is 1. The van der Waals surface area contributed by atoms with Crippen LogP contribution in [-0.2, 0) is 16.0 Å². The van der Waals surface area contributed by atoms with Crippen molar-refractivity contribution in [1.29, 1.82) is 0 Å². The lowest BCUT2D eigenvalue weighted by atomic mass is 10.0. The highest BCUT2D eigenvalue weighted by Gasteiger charge is 2.19. The van der Waals surface area contributed by atoms with E-state index in [4.69, 9.17) is 4.74 Å². The van der Waals surface area contributed by atoms with E-state index in [1.54, 1.807) is 13.8 Å². The smallest absolute Gasteiger partial charge is 0.160 e. The molecule has 0 aromatic heterocycles. The molecule has 1 atom stereocenters. The minimum Gasteiger partial charge on any atom is -0.366 e. The number of aryl methyl sites for hydroxylation is 1. The molecule has 0 spiro atoms. The van der Waals surface area contributed by atoms with Gasteiger partial charge < -0.3 is 14.6 Å². The monoisotopic (exact) mass is 264 g/mol. The molecule has 1 aromatic carbocycles. The summed E-state index contributed by atoms with van der Waals surface area (Å²) in [4.78, 5) is 10.5. The molecule has 0 amide bonds. The maximum atomic E-state index is 10.5. The summed E-state index contributed by atoms with van der Waals surface area (Å²) in [5, 5.41) is 9.69. The number of carbonyl (C=O) groups is 1. The van der Waals surface area contributed by atoms with E-state index >= 15 is 0 Å². The summed E-state index contributed by atoms with van der Waals surface area (Å²) in [7, 11) is 0. The first-order valence-corrected chi connectivity index (χ1v) is 6.89. The zero-order chi connectivity index (χ0) is 14.1. The van der Waals surface area contributed by atoms with Gasteiger partial charge in [0.1, 0.15) is 6.29 Å². The number of ether oxygens (including phenoxy) is 1. The van der Waals surface area contributed by atoms with Crippen molar-refractivity contribution in [1.82, 2.24) is 0 Å². The van der Waals surface area contributed by atoms with Crippen molar-refractivity contribution < 1.29 is 14.6 Å². The SMILES string of the molecule is CC(C)(O)OC(CCC=O)CCCc1ccccc1. The lowest BCUT2D eigenvalue weighted by Crippen LogP contribution is -2.30. The Bertz CT molecular complexity index is 354. The molecule has 1 unspecified atom stereocenters. The maximum absolute atomic E-state index is 10.5. The zero-order valence-electron chi connectivity index (χ0n) is 11.8. The molecule has 3 nitrogen and oxygen atoms in total. The van der Waals surface area contributed by atoms with Crippen LogP contribution < -0.4 is 0 Å². The first kappa shape index (κ1) is 15.9. The Hall–Kier alpha value is -1.19. The second-order valence-corrected chi connectivity index (χ2v) is 5.31. The highest BCUT2D eigenvalue weighted by Crippen LogP contribution is 2.17. The van der Waals surface area contributed by atoms with Crippen LogP contribution in [0.25, 0.3) is 0 Å². The van der Waals surface area contributed by atoms with Crippen molar-refractivity contribution >= 4 is 6.29 Å². The first-order chi connectivity index (χ1) is 9.01. The van der Waals surface area contributed by atoms with E-state index in [0.717, 1.165) is 25.5 Å². The lowest BCUT2D eigenvalue weighted by Gasteiger charge is -2.26. The number of aliphatic hydroxyl groups is 1. The summed E-state index contributed by atoms with van der Waals surface area (Å²) in [6.07, 6.45) is 4.82. The van der Waals surface area contributed by atoms with Gasteiger partial charge in [-0.15, -0.1) is 0 Å². The number of aldehydes is 1. The summed E-state index contributed by atoms with van der Waals surface area (Å²) in [6, 6.07) is 10.3. The van der Waals surface area contributed by atoms with E-state index in [2.05, 4.69) is 12.1 Å². The average Bonchev–Trinajstić information content (AvgIpc) is 2.35. The summed E-state index contributed by atoms with van der Waals surface area (Å²) < 4.78 is 5.57. The third-order valence-corrected chi connectivity index (χ3v) is 2.90. The molecule has 0 aliphatic carbocycles. The number of benzene rings is 1. The molecule has 1 N–H and O–H groups in total. The fraction of sp³-hybridized carbons (Fsp3) is 0.562. The number of carbonyl (C=O) groups excluding carboxylic acids is 1. The van der Waals surface area contributed by atoms with Crippen LogP contribution in [0.1, 0.15) is 45.1 Å². The van der Waals surface area contributed by atoms with E-state index < -0.39 is 5.79 Å². The van der Waals surface area contributed by atoms with Gasteiger partial charge in [-0.3, -0.25) is 0 Å². The second-order valence-electron chi connectivity index (χ2n) is 5.31. The van der Waals surface area contributed by atoms with Crippen molar-refractivity contribution in [3.05, 3.63) is 35.9 Å². The van der Waals surface area contributed by atoms with E-state index in [9.17, 15) is 9.90 Å². The molecular weight excluding hydrogens is 240 g/mol. The third-order valence-electron chi connectivity index (χ3n) is 2.90. The Morgan fingerprint density at radius 1 is 1.26 bits per heavy atom. The summed E-state index contributed by atoms with van der Waals surface area (Å²) >= 11 is 0. The van der Waals surface area contributed by atoms with Gasteiger partial charge in [-0.1, -0.05) is 30.3 Å².